The Balaban J connectivity index is 2.04. The Hall–Kier alpha value is -2.10. The maximum Gasteiger partial charge on any atom is 0.251 e. The molecule has 0 aromatic heterocycles. The van der Waals surface area contributed by atoms with E-state index in [-0.39, 0.29) is 11.8 Å². The summed E-state index contributed by atoms with van der Waals surface area (Å²) in [5.74, 6) is 0.0796. The molecule has 1 N–H and O–H groups in total. The Morgan fingerprint density at radius 3 is 3.00 bits per heavy atom. The van der Waals surface area contributed by atoms with E-state index in [0.717, 1.165) is 18.5 Å². The molecule has 1 heterocycles. The molecule has 2 amide bonds. The van der Waals surface area contributed by atoms with Gasteiger partial charge in [0.15, 0.2) is 0 Å². The van der Waals surface area contributed by atoms with Gasteiger partial charge in [0.2, 0.25) is 5.91 Å². The predicted molar refractivity (Wildman–Crippen MR) is 73.6 cm³/mol. The van der Waals surface area contributed by atoms with Crippen molar-refractivity contribution in [3.05, 3.63) is 48.0 Å². The summed E-state index contributed by atoms with van der Waals surface area (Å²) in [6, 6.07) is 7.40. The fourth-order valence-electron chi connectivity index (χ4n) is 2.17. The smallest absolute Gasteiger partial charge is 0.251 e. The van der Waals surface area contributed by atoms with Crippen LogP contribution in [-0.2, 0) is 11.3 Å². The largest absolute Gasteiger partial charge is 0.349 e. The number of amides is 2. The number of rotatable bonds is 5. The standard InChI is InChI=1S/C15H18N2O2/c1-2-8-16-15(19)13-6-3-5-12(10-13)11-17-9-4-7-14(17)18/h2-3,5-6,10H,1,4,7-9,11H2,(H,16,19). The fourth-order valence-corrected chi connectivity index (χ4v) is 2.17. The Kier molecular flexibility index (Phi) is 4.34. The van der Waals surface area contributed by atoms with Gasteiger partial charge in [0.25, 0.3) is 5.91 Å². The molecule has 1 aliphatic rings. The molecule has 100 valence electrons. The van der Waals surface area contributed by atoms with Gasteiger partial charge in [0, 0.05) is 31.6 Å². The second-order valence-electron chi connectivity index (χ2n) is 4.62. The average molecular weight is 258 g/mol. The molecule has 1 aromatic carbocycles. The number of carbonyl (C=O) groups excluding carboxylic acids is 2. The molecule has 1 fully saturated rings. The van der Waals surface area contributed by atoms with Gasteiger partial charge in [-0.15, -0.1) is 6.58 Å². The van der Waals surface area contributed by atoms with E-state index in [4.69, 9.17) is 0 Å². The lowest BCUT2D eigenvalue weighted by molar-refractivity contribution is -0.128. The average Bonchev–Trinajstić information content (AvgIpc) is 2.82. The normalized spacial score (nSPS) is 14.5. The van der Waals surface area contributed by atoms with Crippen LogP contribution in [0, 0.1) is 0 Å². The van der Waals surface area contributed by atoms with E-state index in [1.54, 1.807) is 12.1 Å². The zero-order chi connectivity index (χ0) is 13.7. The second-order valence-corrected chi connectivity index (χ2v) is 4.62. The van der Waals surface area contributed by atoms with E-state index < -0.39 is 0 Å². The zero-order valence-corrected chi connectivity index (χ0v) is 10.9. The van der Waals surface area contributed by atoms with Crippen LogP contribution in [0.15, 0.2) is 36.9 Å². The lowest BCUT2D eigenvalue weighted by atomic mass is 10.1. The molecule has 0 spiro atoms. The molecule has 1 saturated heterocycles. The second kappa shape index (κ2) is 6.18. The van der Waals surface area contributed by atoms with Crippen LogP contribution < -0.4 is 5.32 Å². The van der Waals surface area contributed by atoms with Crippen molar-refractivity contribution in [1.82, 2.24) is 10.2 Å². The van der Waals surface area contributed by atoms with Gasteiger partial charge in [-0.3, -0.25) is 9.59 Å². The molecule has 19 heavy (non-hydrogen) atoms. The molecule has 1 aromatic rings. The van der Waals surface area contributed by atoms with Gasteiger partial charge < -0.3 is 10.2 Å². The molecule has 0 bridgehead atoms. The number of likely N-dealkylation sites (tertiary alicyclic amines) is 1. The highest BCUT2D eigenvalue weighted by atomic mass is 16.2. The topological polar surface area (TPSA) is 49.4 Å². The minimum Gasteiger partial charge on any atom is -0.349 e. The van der Waals surface area contributed by atoms with Crippen molar-refractivity contribution in [2.45, 2.75) is 19.4 Å². The molecule has 1 aliphatic heterocycles. The highest BCUT2D eigenvalue weighted by molar-refractivity contribution is 5.94. The third-order valence-corrected chi connectivity index (χ3v) is 3.14. The highest BCUT2D eigenvalue weighted by Gasteiger charge is 2.20. The van der Waals surface area contributed by atoms with E-state index in [1.807, 2.05) is 23.1 Å². The summed E-state index contributed by atoms with van der Waals surface area (Å²) in [5.41, 5.74) is 1.60. The summed E-state index contributed by atoms with van der Waals surface area (Å²) < 4.78 is 0. The molecular formula is C15H18N2O2. The molecular weight excluding hydrogens is 240 g/mol. The van der Waals surface area contributed by atoms with Crippen molar-refractivity contribution in [3.63, 3.8) is 0 Å². The zero-order valence-electron chi connectivity index (χ0n) is 10.9. The van der Waals surface area contributed by atoms with Crippen molar-refractivity contribution < 1.29 is 9.59 Å². The Morgan fingerprint density at radius 2 is 2.32 bits per heavy atom. The van der Waals surface area contributed by atoms with Gasteiger partial charge in [-0.1, -0.05) is 18.2 Å². The number of hydrogen-bond acceptors (Lipinski definition) is 2. The fraction of sp³-hybridized carbons (Fsp3) is 0.333. The molecule has 0 saturated carbocycles. The predicted octanol–water partition coefficient (Wildman–Crippen LogP) is 1.72. The maximum absolute atomic E-state index is 11.8. The third-order valence-electron chi connectivity index (χ3n) is 3.14. The molecule has 0 aliphatic carbocycles. The first-order valence-corrected chi connectivity index (χ1v) is 6.46. The van der Waals surface area contributed by atoms with E-state index in [2.05, 4.69) is 11.9 Å². The van der Waals surface area contributed by atoms with Crippen LogP contribution in [0.4, 0.5) is 0 Å². The van der Waals surface area contributed by atoms with Crippen LogP contribution in [0.25, 0.3) is 0 Å². The van der Waals surface area contributed by atoms with Gasteiger partial charge in [-0.2, -0.15) is 0 Å². The highest BCUT2D eigenvalue weighted by Crippen LogP contribution is 2.15. The number of carbonyl (C=O) groups is 2. The summed E-state index contributed by atoms with van der Waals surface area (Å²) >= 11 is 0. The summed E-state index contributed by atoms with van der Waals surface area (Å²) in [5, 5.41) is 2.74. The van der Waals surface area contributed by atoms with Crippen LogP contribution >= 0.6 is 0 Å². The maximum atomic E-state index is 11.8. The van der Waals surface area contributed by atoms with Crippen molar-refractivity contribution >= 4 is 11.8 Å². The number of nitrogens with one attached hydrogen (secondary N) is 1. The first kappa shape index (κ1) is 13.3. The number of benzene rings is 1. The minimum absolute atomic E-state index is 0.116. The molecule has 4 nitrogen and oxygen atoms in total. The third kappa shape index (κ3) is 3.44. The monoisotopic (exact) mass is 258 g/mol. The minimum atomic E-state index is -0.116. The van der Waals surface area contributed by atoms with Gasteiger partial charge in [-0.05, 0) is 24.1 Å². The SMILES string of the molecule is C=CCNC(=O)c1cccc(CN2CCCC2=O)c1. The Labute approximate surface area is 113 Å². The summed E-state index contributed by atoms with van der Waals surface area (Å²) in [6.45, 7) is 5.41. The van der Waals surface area contributed by atoms with E-state index in [9.17, 15) is 9.59 Å². The quantitative estimate of drug-likeness (QED) is 0.818. The van der Waals surface area contributed by atoms with E-state index in [0.29, 0.717) is 25.1 Å². The van der Waals surface area contributed by atoms with E-state index >= 15 is 0 Å². The van der Waals surface area contributed by atoms with Crippen LogP contribution in [-0.4, -0.2) is 29.8 Å². The van der Waals surface area contributed by atoms with Gasteiger partial charge in [0.05, 0.1) is 0 Å². The van der Waals surface area contributed by atoms with Crippen LogP contribution in [0.1, 0.15) is 28.8 Å². The molecule has 0 radical (unpaired) electrons. The van der Waals surface area contributed by atoms with Crippen LogP contribution in [0.3, 0.4) is 0 Å². The first-order chi connectivity index (χ1) is 9.20. The van der Waals surface area contributed by atoms with Crippen molar-refractivity contribution in [3.8, 4) is 0 Å². The van der Waals surface area contributed by atoms with Crippen LogP contribution in [0.5, 0.6) is 0 Å². The number of nitrogens with zero attached hydrogens (tertiary/aromatic N) is 1. The summed E-state index contributed by atoms with van der Waals surface area (Å²) in [6.07, 6.45) is 3.21. The Morgan fingerprint density at radius 1 is 1.47 bits per heavy atom. The van der Waals surface area contributed by atoms with Crippen LogP contribution in [0.2, 0.25) is 0 Å². The van der Waals surface area contributed by atoms with E-state index in [1.165, 1.54) is 0 Å². The van der Waals surface area contributed by atoms with Crippen molar-refractivity contribution in [2.75, 3.05) is 13.1 Å². The van der Waals surface area contributed by atoms with Gasteiger partial charge >= 0.3 is 0 Å². The number of hydrogen-bond donors (Lipinski definition) is 1. The Bertz CT molecular complexity index is 497. The van der Waals surface area contributed by atoms with Gasteiger partial charge in [-0.25, -0.2) is 0 Å². The molecule has 0 atom stereocenters. The first-order valence-electron chi connectivity index (χ1n) is 6.46. The lowest BCUT2D eigenvalue weighted by Crippen LogP contribution is -2.25. The van der Waals surface area contributed by atoms with Gasteiger partial charge in [0.1, 0.15) is 0 Å². The molecule has 0 unspecified atom stereocenters. The van der Waals surface area contributed by atoms with Crippen molar-refractivity contribution in [2.24, 2.45) is 0 Å². The summed E-state index contributed by atoms with van der Waals surface area (Å²) in [7, 11) is 0. The molecule has 2 rings (SSSR count). The lowest BCUT2D eigenvalue weighted by Gasteiger charge is -2.15. The van der Waals surface area contributed by atoms with Crippen molar-refractivity contribution in [1.29, 1.82) is 0 Å². The summed E-state index contributed by atoms with van der Waals surface area (Å²) in [4.78, 5) is 25.2. The molecule has 4 heteroatoms.